The molecule has 0 fully saturated rings. The van der Waals surface area contributed by atoms with Crippen molar-refractivity contribution >= 4 is 35.1 Å². The number of rotatable bonds is 4. The monoisotopic (exact) mass is 250 g/mol. The molecule has 0 radical (unpaired) electrons. The third-order valence-corrected chi connectivity index (χ3v) is 1.95. The second-order valence-corrected chi connectivity index (χ2v) is 3.44. The molecule has 1 rings (SSSR count). The van der Waals surface area contributed by atoms with E-state index < -0.39 is 0 Å². The van der Waals surface area contributed by atoms with Gasteiger partial charge in [0.1, 0.15) is 5.82 Å². The normalized spacial score (nSPS) is 11.3. The molecule has 0 unspecified atom stereocenters. The summed E-state index contributed by atoms with van der Waals surface area (Å²) in [6.07, 6.45) is 3.26. The maximum absolute atomic E-state index is 4.86. The fourth-order valence-corrected chi connectivity index (χ4v) is 0.890. The Hall–Kier alpha value is -2.02. The molecule has 3 N–H and O–H groups in total. The van der Waals surface area contributed by atoms with Crippen LogP contribution in [0.2, 0.25) is 0 Å². The van der Waals surface area contributed by atoms with Gasteiger partial charge in [0.25, 0.3) is 0 Å². The van der Waals surface area contributed by atoms with E-state index in [0.29, 0.717) is 16.6 Å². The molecule has 17 heavy (non-hydrogen) atoms. The van der Waals surface area contributed by atoms with E-state index in [1.165, 1.54) is 0 Å². The van der Waals surface area contributed by atoms with Gasteiger partial charge in [0.2, 0.25) is 0 Å². The van der Waals surface area contributed by atoms with Crippen LogP contribution in [-0.4, -0.2) is 29.1 Å². The predicted octanol–water partition coefficient (Wildman–Crippen LogP) is 0.949. The number of hydrogen-bond donors (Lipinski definition) is 3. The minimum Gasteiger partial charge on any atom is -0.364 e. The van der Waals surface area contributed by atoms with Crippen LogP contribution in [0.3, 0.4) is 0 Å². The lowest BCUT2D eigenvalue weighted by molar-refractivity contribution is 0.977. The molecular weight excluding hydrogens is 236 g/mol. The van der Waals surface area contributed by atoms with Crippen molar-refractivity contribution in [2.75, 3.05) is 12.5 Å². The highest BCUT2D eigenvalue weighted by Crippen LogP contribution is 1.98. The van der Waals surface area contributed by atoms with Crippen LogP contribution in [0.1, 0.15) is 6.92 Å². The van der Waals surface area contributed by atoms with E-state index in [-0.39, 0.29) is 0 Å². The van der Waals surface area contributed by atoms with Crippen molar-refractivity contribution in [3.8, 4) is 0 Å². The summed E-state index contributed by atoms with van der Waals surface area (Å²) in [7, 11) is 1.72. The zero-order chi connectivity index (χ0) is 12.5. The number of hydrogen-bond acceptors (Lipinski definition) is 5. The van der Waals surface area contributed by atoms with Crippen molar-refractivity contribution < 1.29 is 0 Å². The Morgan fingerprint density at radius 1 is 1.47 bits per heavy atom. The maximum Gasteiger partial charge on any atom is 0.186 e. The van der Waals surface area contributed by atoms with E-state index in [2.05, 4.69) is 31.4 Å². The Kier molecular flexibility index (Phi) is 5.59. The Labute approximate surface area is 105 Å². The average molecular weight is 250 g/mol. The second kappa shape index (κ2) is 7.29. The first kappa shape index (κ1) is 13.0. The topological polar surface area (TPSA) is 73.7 Å². The first-order valence-electron chi connectivity index (χ1n) is 4.94. The number of nitrogens with one attached hydrogen (secondary N) is 3. The van der Waals surface area contributed by atoms with Gasteiger partial charge in [-0.15, -0.1) is 0 Å². The first-order valence-corrected chi connectivity index (χ1v) is 5.35. The molecule has 7 heteroatoms. The molecule has 1 aromatic rings. The lowest BCUT2D eigenvalue weighted by Crippen LogP contribution is -2.29. The van der Waals surface area contributed by atoms with Crippen molar-refractivity contribution in [1.29, 1.82) is 0 Å². The molecule has 0 saturated carbocycles. The van der Waals surface area contributed by atoms with E-state index >= 15 is 0 Å². The van der Waals surface area contributed by atoms with Gasteiger partial charge in [-0.2, -0.15) is 10.2 Å². The third kappa shape index (κ3) is 5.57. The molecule has 1 aromatic heterocycles. The van der Waals surface area contributed by atoms with Crippen molar-refractivity contribution in [2.24, 2.45) is 10.2 Å². The zero-order valence-corrected chi connectivity index (χ0v) is 10.5. The van der Waals surface area contributed by atoms with Gasteiger partial charge >= 0.3 is 0 Å². The van der Waals surface area contributed by atoms with E-state index in [4.69, 9.17) is 12.2 Å². The molecule has 0 aromatic carbocycles. The summed E-state index contributed by atoms with van der Waals surface area (Å²) in [5.41, 5.74) is 6.12. The summed E-state index contributed by atoms with van der Waals surface area (Å²) in [5, 5.41) is 11.2. The Bertz CT molecular complexity index is 414. The molecule has 0 spiro atoms. The van der Waals surface area contributed by atoms with Crippen LogP contribution in [0, 0.1) is 0 Å². The van der Waals surface area contributed by atoms with Crippen molar-refractivity contribution in [3.63, 3.8) is 0 Å². The highest BCUT2D eigenvalue weighted by Gasteiger charge is 1.89. The van der Waals surface area contributed by atoms with Crippen molar-refractivity contribution in [1.82, 2.24) is 15.7 Å². The fourth-order valence-electron chi connectivity index (χ4n) is 0.844. The largest absolute Gasteiger partial charge is 0.364 e. The Morgan fingerprint density at radius 3 is 2.94 bits per heavy atom. The summed E-state index contributed by atoms with van der Waals surface area (Å²) >= 11 is 4.86. The third-order valence-electron chi connectivity index (χ3n) is 1.66. The number of aromatic nitrogens is 1. The highest BCUT2D eigenvalue weighted by molar-refractivity contribution is 7.80. The minimum absolute atomic E-state index is 0.454. The Balaban J connectivity index is 2.41. The molecule has 0 aliphatic carbocycles. The summed E-state index contributed by atoms with van der Waals surface area (Å²) in [4.78, 5) is 4.05. The predicted molar refractivity (Wildman–Crippen MR) is 74.3 cm³/mol. The molecule has 6 nitrogen and oxygen atoms in total. The summed E-state index contributed by atoms with van der Waals surface area (Å²) < 4.78 is 0. The molecule has 0 aliphatic heterocycles. The van der Waals surface area contributed by atoms with Gasteiger partial charge in [-0.1, -0.05) is 6.07 Å². The highest BCUT2D eigenvalue weighted by atomic mass is 32.1. The number of nitrogens with zero attached hydrogens (tertiary/aromatic N) is 3. The van der Waals surface area contributed by atoms with Crippen LogP contribution in [0.4, 0.5) is 5.82 Å². The number of thiocarbonyl (C=S) groups is 1. The molecule has 0 amide bonds. The van der Waals surface area contributed by atoms with Crippen LogP contribution in [0.25, 0.3) is 0 Å². The van der Waals surface area contributed by atoms with Gasteiger partial charge in [0.15, 0.2) is 5.11 Å². The van der Waals surface area contributed by atoms with E-state index in [9.17, 15) is 0 Å². The summed E-state index contributed by atoms with van der Waals surface area (Å²) in [6, 6.07) is 5.53. The summed E-state index contributed by atoms with van der Waals surface area (Å²) in [5.74, 6) is 0.676. The molecule has 0 saturated heterocycles. The van der Waals surface area contributed by atoms with Crippen LogP contribution in [-0.2, 0) is 0 Å². The van der Waals surface area contributed by atoms with Gasteiger partial charge in [-0.25, -0.2) is 4.98 Å². The van der Waals surface area contributed by atoms with Crippen LogP contribution >= 0.6 is 12.2 Å². The Morgan fingerprint density at radius 2 is 2.29 bits per heavy atom. The standard InChI is InChI=1S/C10H14N6S/c1-8(14-16-10(17)11-2)7-13-15-9-5-3-4-6-12-9/h3-7H,1-2H3,(H,12,15)(H2,11,16,17)/b13-7+,14-8+. The van der Waals surface area contributed by atoms with E-state index in [0.717, 1.165) is 0 Å². The lowest BCUT2D eigenvalue weighted by atomic mass is 10.5. The van der Waals surface area contributed by atoms with Crippen LogP contribution < -0.4 is 16.2 Å². The average Bonchev–Trinajstić information content (AvgIpc) is 2.37. The number of anilines is 1. The minimum atomic E-state index is 0.454. The van der Waals surface area contributed by atoms with Crippen LogP contribution in [0.15, 0.2) is 34.6 Å². The smallest absolute Gasteiger partial charge is 0.186 e. The van der Waals surface area contributed by atoms with E-state index in [1.54, 1.807) is 26.4 Å². The van der Waals surface area contributed by atoms with Crippen molar-refractivity contribution in [2.45, 2.75) is 6.92 Å². The van der Waals surface area contributed by atoms with Gasteiger partial charge in [-0.05, 0) is 31.3 Å². The zero-order valence-electron chi connectivity index (χ0n) is 9.64. The molecule has 0 aliphatic rings. The van der Waals surface area contributed by atoms with E-state index in [1.807, 2.05) is 18.2 Å². The quantitative estimate of drug-likeness (QED) is 0.421. The molecular formula is C10H14N6S. The fraction of sp³-hybridized carbons (Fsp3) is 0.200. The van der Waals surface area contributed by atoms with Crippen molar-refractivity contribution in [3.05, 3.63) is 24.4 Å². The second-order valence-electron chi connectivity index (χ2n) is 3.03. The number of pyridine rings is 1. The first-order chi connectivity index (χ1) is 8.22. The lowest BCUT2D eigenvalue weighted by Gasteiger charge is -2.00. The molecule has 90 valence electrons. The van der Waals surface area contributed by atoms with Gasteiger partial charge in [0.05, 0.1) is 11.9 Å². The molecule has 0 atom stereocenters. The molecule has 1 heterocycles. The van der Waals surface area contributed by atoms with Gasteiger partial charge in [-0.3, -0.25) is 10.9 Å². The van der Waals surface area contributed by atoms with Crippen LogP contribution in [0.5, 0.6) is 0 Å². The summed E-state index contributed by atoms with van der Waals surface area (Å²) in [6.45, 7) is 1.80. The van der Waals surface area contributed by atoms with Gasteiger partial charge in [0, 0.05) is 13.2 Å². The maximum atomic E-state index is 4.86. The number of hydrazone groups is 2. The van der Waals surface area contributed by atoms with Gasteiger partial charge < -0.3 is 5.32 Å². The molecule has 0 bridgehead atoms. The SMILES string of the molecule is CNC(=S)N/N=C(C)/C=N/Nc1ccccn1.